The van der Waals surface area contributed by atoms with E-state index in [1.54, 1.807) is 13.3 Å². The summed E-state index contributed by atoms with van der Waals surface area (Å²) >= 11 is 6.04. The van der Waals surface area contributed by atoms with Gasteiger partial charge >= 0.3 is 0 Å². The van der Waals surface area contributed by atoms with Gasteiger partial charge in [0.05, 0.1) is 6.54 Å². The molecule has 1 aliphatic rings. The summed E-state index contributed by atoms with van der Waals surface area (Å²) in [5.41, 5.74) is 1.11. The summed E-state index contributed by atoms with van der Waals surface area (Å²) in [6, 6.07) is 8.10. The van der Waals surface area contributed by atoms with E-state index in [2.05, 4.69) is 9.55 Å². The maximum Gasteiger partial charge on any atom is 0.249 e. The van der Waals surface area contributed by atoms with E-state index in [1.807, 2.05) is 35.4 Å². The van der Waals surface area contributed by atoms with Crippen LogP contribution in [-0.4, -0.2) is 40.1 Å². The highest BCUT2D eigenvalue weighted by Gasteiger charge is 2.33. The molecular formula is C17H20ClN3O2. The van der Waals surface area contributed by atoms with Crippen molar-refractivity contribution in [3.05, 3.63) is 53.1 Å². The first kappa shape index (κ1) is 16.0. The third kappa shape index (κ3) is 4.12. The molecule has 0 spiro atoms. The summed E-state index contributed by atoms with van der Waals surface area (Å²) in [6.07, 6.45) is 5.82. The number of amides is 1. The second kappa shape index (κ2) is 7.15. The van der Waals surface area contributed by atoms with Crippen molar-refractivity contribution in [3.8, 4) is 0 Å². The largest absolute Gasteiger partial charge is 0.375 e. The number of carbonyl (C=O) groups excluding carboxylic acids is 1. The molecule has 0 bridgehead atoms. The fraction of sp³-hybridized carbons (Fsp3) is 0.412. The molecule has 0 aliphatic heterocycles. The van der Waals surface area contributed by atoms with E-state index in [0.29, 0.717) is 19.1 Å². The van der Waals surface area contributed by atoms with Crippen molar-refractivity contribution in [1.82, 2.24) is 14.5 Å². The molecule has 1 aromatic heterocycles. The van der Waals surface area contributed by atoms with Crippen LogP contribution in [-0.2, 0) is 22.6 Å². The monoisotopic (exact) mass is 333 g/mol. The molecule has 1 saturated carbocycles. The van der Waals surface area contributed by atoms with Gasteiger partial charge in [-0.05, 0) is 30.5 Å². The zero-order valence-corrected chi connectivity index (χ0v) is 13.9. The second-order valence-electron chi connectivity index (χ2n) is 5.79. The maximum atomic E-state index is 12.2. The highest BCUT2D eigenvalue weighted by atomic mass is 35.5. The lowest BCUT2D eigenvalue weighted by atomic mass is 10.2. The highest BCUT2D eigenvalue weighted by Crippen LogP contribution is 2.28. The number of ether oxygens (including phenoxy) is 1. The number of rotatable bonds is 7. The van der Waals surface area contributed by atoms with Gasteiger partial charge in [-0.25, -0.2) is 4.98 Å². The van der Waals surface area contributed by atoms with Gasteiger partial charge in [-0.3, -0.25) is 4.79 Å². The molecule has 1 amide bonds. The maximum absolute atomic E-state index is 12.2. The lowest BCUT2D eigenvalue weighted by Gasteiger charge is -2.22. The standard InChI is InChI=1S/C17H20ClN3O2/c1-23-12-17(22)21(15-5-6-15)11-16-19-7-8-20(16)10-13-3-2-4-14(18)9-13/h2-4,7-9,15H,5-6,10-12H2,1H3. The van der Waals surface area contributed by atoms with Crippen molar-refractivity contribution in [1.29, 1.82) is 0 Å². The van der Waals surface area contributed by atoms with Crippen LogP contribution in [0.25, 0.3) is 0 Å². The molecule has 1 fully saturated rings. The second-order valence-corrected chi connectivity index (χ2v) is 6.22. The first-order valence-electron chi connectivity index (χ1n) is 7.70. The number of hydrogen-bond donors (Lipinski definition) is 0. The number of aromatic nitrogens is 2. The third-order valence-electron chi connectivity index (χ3n) is 3.93. The van der Waals surface area contributed by atoms with Crippen LogP contribution in [0.3, 0.4) is 0 Å². The number of halogens is 1. The van der Waals surface area contributed by atoms with Crippen LogP contribution in [0.4, 0.5) is 0 Å². The predicted molar refractivity (Wildman–Crippen MR) is 88.2 cm³/mol. The third-order valence-corrected chi connectivity index (χ3v) is 4.17. The topological polar surface area (TPSA) is 47.4 Å². The Balaban J connectivity index is 1.73. The van der Waals surface area contributed by atoms with Crippen molar-refractivity contribution in [2.45, 2.75) is 32.0 Å². The number of nitrogens with zero attached hydrogens (tertiary/aromatic N) is 3. The summed E-state index contributed by atoms with van der Waals surface area (Å²) < 4.78 is 7.04. The van der Waals surface area contributed by atoms with E-state index in [0.717, 1.165) is 29.3 Å². The molecule has 0 atom stereocenters. The number of hydrogen-bond acceptors (Lipinski definition) is 3. The van der Waals surface area contributed by atoms with Gasteiger partial charge in [0.25, 0.3) is 0 Å². The minimum atomic E-state index is 0.0207. The summed E-state index contributed by atoms with van der Waals surface area (Å²) in [4.78, 5) is 18.5. The first-order valence-corrected chi connectivity index (χ1v) is 8.08. The Morgan fingerprint density at radius 1 is 1.48 bits per heavy atom. The number of imidazole rings is 1. The van der Waals surface area contributed by atoms with Crippen molar-refractivity contribution in [2.24, 2.45) is 0 Å². The summed E-state index contributed by atoms with van der Waals surface area (Å²) in [6.45, 7) is 1.32. The lowest BCUT2D eigenvalue weighted by molar-refractivity contribution is -0.136. The van der Waals surface area contributed by atoms with Crippen molar-refractivity contribution in [3.63, 3.8) is 0 Å². The van der Waals surface area contributed by atoms with Gasteiger partial charge in [0.1, 0.15) is 12.4 Å². The number of methoxy groups -OCH3 is 1. The Kier molecular flexibility index (Phi) is 4.98. The lowest BCUT2D eigenvalue weighted by Crippen LogP contribution is -2.36. The van der Waals surface area contributed by atoms with Crippen LogP contribution < -0.4 is 0 Å². The molecule has 6 heteroatoms. The van der Waals surface area contributed by atoms with Gasteiger partial charge in [-0.1, -0.05) is 23.7 Å². The fourth-order valence-corrected chi connectivity index (χ4v) is 2.85. The molecule has 122 valence electrons. The molecule has 1 heterocycles. The van der Waals surface area contributed by atoms with Gasteiger partial charge in [0, 0.05) is 37.1 Å². The molecule has 5 nitrogen and oxygen atoms in total. The number of carbonyl (C=O) groups is 1. The molecule has 3 rings (SSSR count). The minimum Gasteiger partial charge on any atom is -0.375 e. The van der Waals surface area contributed by atoms with E-state index in [9.17, 15) is 4.79 Å². The normalized spacial score (nSPS) is 14.0. The van der Waals surface area contributed by atoms with Gasteiger partial charge in [0.2, 0.25) is 5.91 Å². The van der Waals surface area contributed by atoms with E-state index in [4.69, 9.17) is 16.3 Å². The Morgan fingerprint density at radius 3 is 3.00 bits per heavy atom. The number of benzene rings is 1. The van der Waals surface area contributed by atoms with Crippen LogP contribution >= 0.6 is 11.6 Å². The van der Waals surface area contributed by atoms with Gasteiger partial charge in [0.15, 0.2) is 0 Å². The predicted octanol–water partition coefficient (Wildman–Crippen LogP) is 2.72. The molecule has 23 heavy (non-hydrogen) atoms. The quantitative estimate of drug-likeness (QED) is 0.782. The molecule has 0 radical (unpaired) electrons. The smallest absolute Gasteiger partial charge is 0.249 e. The summed E-state index contributed by atoms with van der Waals surface area (Å²) in [7, 11) is 1.54. The van der Waals surface area contributed by atoms with E-state index in [-0.39, 0.29) is 12.5 Å². The van der Waals surface area contributed by atoms with Crippen LogP contribution in [0.1, 0.15) is 24.2 Å². The first-order chi connectivity index (χ1) is 11.2. The van der Waals surface area contributed by atoms with Crippen LogP contribution in [0.2, 0.25) is 5.02 Å². The Morgan fingerprint density at radius 2 is 2.30 bits per heavy atom. The van der Waals surface area contributed by atoms with E-state index in [1.165, 1.54) is 0 Å². The summed E-state index contributed by atoms with van der Waals surface area (Å²) in [5.74, 6) is 0.897. The highest BCUT2D eigenvalue weighted by molar-refractivity contribution is 6.30. The fourth-order valence-electron chi connectivity index (χ4n) is 2.63. The molecular weight excluding hydrogens is 314 g/mol. The SMILES string of the molecule is COCC(=O)N(Cc1nccn1Cc1cccc(Cl)c1)C1CC1. The minimum absolute atomic E-state index is 0.0207. The molecule has 1 aliphatic carbocycles. The van der Waals surface area contributed by atoms with Crippen molar-refractivity contribution in [2.75, 3.05) is 13.7 Å². The average Bonchev–Trinajstić information content (AvgIpc) is 3.27. The van der Waals surface area contributed by atoms with Crippen LogP contribution in [0.15, 0.2) is 36.7 Å². The van der Waals surface area contributed by atoms with Crippen molar-refractivity contribution >= 4 is 17.5 Å². The molecule has 2 aromatic rings. The zero-order valence-electron chi connectivity index (χ0n) is 13.1. The van der Waals surface area contributed by atoms with Crippen molar-refractivity contribution < 1.29 is 9.53 Å². The van der Waals surface area contributed by atoms with Crippen LogP contribution in [0.5, 0.6) is 0 Å². The van der Waals surface area contributed by atoms with E-state index >= 15 is 0 Å². The molecule has 1 aromatic carbocycles. The molecule has 0 N–H and O–H groups in total. The van der Waals surface area contributed by atoms with E-state index < -0.39 is 0 Å². The average molecular weight is 334 g/mol. The molecule has 0 unspecified atom stereocenters. The molecule has 0 saturated heterocycles. The zero-order chi connectivity index (χ0) is 16.2. The Labute approximate surface area is 140 Å². The van der Waals surface area contributed by atoms with Gasteiger partial charge in [-0.15, -0.1) is 0 Å². The van der Waals surface area contributed by atoms with Crippen LogP contribution in [0, 0.1) is 0 Å². The Bertz CT molecular complexity index is 682. The van der Waals surface area contributed by atoms with Gasteiger partial charge in [-0.2, -0.15) is 0 Å². The summed E-state index contributed by atoms with van der Waals surface area (Å²) in [5, 5.41) is 0.721. The van der Waals surface area contributed by atoms with Gasteiger partial charge < -0.3 is 14.2 Å². The Hall–Kier alpha value is -1.85.